The van der Waals surface area contributed by atoms with Crippen molar-refractivity contribution in [2.24, 2.45) is 5.92 Å². The maximum Gasteiger partial charge on any atom is 0.266 e. The predicted molar refractivity (Wildman–Crippen MR) is 106 cm³/mol. The highest BCUT2D eigenvalue weighted by Crippen LogP contribution is 2.38. The second-order valence-electron chi connectivity index (χ2n) is 8.84. The average Bonchev–Trinajstić information content (AvgIpc) is 3.40. The van der Waals surface area contributed by atoms with E-state index in [1.807, 2.05) is 6.07 Å². The number of sulfonamides is 1. The highest BCUT2D eigenvalue weighted by molar-refractivity contribution is 7.88. The summed E-state index contributed by atoms with van der Waals surface area (Å²) in [7, 11) is -3.25. The summed E-state index contributed by atoms with van der Waals surface area (Å²) in [5.74, 6) is 0.939. The summed E-state index contributed by atoms with van der Waals surface area (Å²) in [5, 5.41) is 15.4. The van der Waals surface area contributed by atoms with Gasteiger partial charge in [-0.1, -0.05) is 0 Å². The van der Waals surface area contributed by atoms with E-state index in [1.54, 1.807) is 10.7 Å². The first kappa shape index (κ1) is 20.0. The molecule has 1 aromatic rings. The van der Waals surface area contributed by atoms with Gasteiger partial charge in [-0.2, -0.15) is 9.40 Å². The topological polar surface area (TPSA) is 95.7 Å². The number of aliphatic hydroxyl groups is 1. The summed E-state index contributed by atoms with van der Waals surface area (Å²) in [6.07, 6.45) is 5.92. The lowest BCUT2D eigenvalue weighted by molar-refractivity contribution is 0.00581. The van der Waals surface area contributed by atoms with E-state index in [2.05, 4.69) is 10.00 Å². The van der Waals surface area contributed by atoms with E-state index in [4.69, 9.17) is 0 Å². The van der Waals surface area contributed by atoms with Crippen LogP contribution in [0.1, 0.15) is 43.7 Å². The number of rotatable bonds is 6. The molecule has 0 aromatic carbocycles. The zero-order valence-corrected chi connectivity index (χ0v) is 17.3. The molecule has 0 amide bonds. The lowest BCUT2D eigenvalue weighted by Gasteiger charge is -2.36. The summed E-state index contributed by atoms with van der Waals surface area (Å²) >= 11 is 0. The molecule has 1 unspecified atom stereocenters. The molecule has 0 bridgehead atoms. The van der Waals surface area contributed by atoms with Crippen LogP contribution in [-0.2, 0) is 16.6 Å². The first-order valence-corrected chi connectivity index (χ1v) is 12.0. The van der Waals surface area contributed by atoms with Gasteiger partial charge in [0.05, 0.1) is 17.6 Å². The fraction of sp³-hybridized carbons (Fsp3) is 0.789. The minimum atomic E-state index is -3.25. The van der Waals surface area contributed by atoms with Crippen molar-refractivity contribution in [2.45, 2.75) is 50.2 Å². The first-order chi connectivity index (χ1) is 13.2. The van der Waals surface area contributed by atoms with Gasteiger partial charge in [0.1, 0.15) is 0 Å². The number of aromatic nitrogens is 2. The van der Waals surface area contributed by atoms with Gasteiger partial charge in [0.2, 0.25) is 10.0 Å². The van der Waals surface area contributed by atoms with Crippen LogP contribution in [0.25, 0.3) is 0 Å². The Morgan fingerprint density at radius 3 is 2.50 bits per heavy atom. The molecule has 2 saturated heterocycles. The molecule has 2 aliphatic heterocycles. The molecule has 3 fully saturated rings. The van der Waals surface area contributed by atoms with Crippen molar-refractivity contribution in [1.29, 1.82) is 0 Å². The Bertz CT molecular complexity index is 874. The molecule has 1 aliphatic carbocycles. The van der Waals surface area contributed by atoms with Gasteiger partial charge in [0.15, 0.2) is 0 Å². The molecule has 8 nitrogen and oxygen atoms in total. The maximum absolute atomic E-state index is 12.1. The molecule has 1 aromatic heterocycles. The van der Waals surface area contributed by atoms with E-state index in [0.29, 0.717) is 37.9 Å². The van der Waals surface area contributed by atoms with E-state index in [-0.39, 0.29) is 12.1 Å². The van der Waals surface area contributed by atoms with Crippen LogP contribution < -0.4 is 5.56 Å². The molecule has 3 heterocycles. The average molecular weight is 411 g/mol. The molecule has 0 spiro atoms. The number of nitrogens with zero attached hydrogens (tertiary/aromatic N) is 4. The summed E-state index contributed by atoms with van der Waals surface area (Å²) in [6.45, 7) is 3.42. The fourth-order valence-corrected chi connectivity index (χ4v) is 5.31. The third kappa shape index (κ3) is 4.64. The van der Waals surface area contributed by atoms with Gasteiger partial charge in [-0.15, -0.1) is 0 Å². The monoisotopic (exact) mass is 410 g/mol. The number of piperidine rings is 1. The second-order valence-corrected chi connectivity index (χ2v) is 10.8. The number of hydrogen-bond donors (Lipinski definition) is 1. The van der Waals surface area contributed by atoms with E-state index in [9.17, 15) is 18.3 Å². The Labute approximate surface area is 166 Å². The van der Waals surface area contributed by atoms with Crippen molar-refractivity contribution in [1.82, 2.24) is 19.0 Å². The van der Waals surface area contributed by atoms with Crippen LogP contribution in [0.3, 0.4) is 0 Å². The highest BCUT2D eigenvalue weighted by atomic mass is 32.2. The molecule has 1 N–H and O–H groups in total. The molecule has 1 saturated carbocycles. The van der Waals surface area contributed by atoms with E-state index in [0.717, 1.165) is 31.6 Å². The Kier molecular flexibility index (Phi) is 5.37. The molecular formula is C19H30N4O4S. The fourth-order valence-electron chi connectivity index (χ4n) is 4.41. The first-order valence-electron chi connectivity index (χ1n) is 10.2. The molecular weight excluding hydrogens is 380 g/mol. The van der Waals surface area contributed by atoms with Crippen LogP contribution in [0.2, 0.25) is 0 Å². The molecule has 9 heteroatoms. The standard InChI is InChI=1S/C19H30N4O4S/c1-28(26,27)22-11-8-19(25,14-22)13-21-9-6-15(7-10-21)12-23-18(24)5-4-17(20-23)16-2-3-16/h4-5,15-16,25H,2-3,6-14H2,1H3. The van der Waals surface area contributed by atoms with Gasteiger partial charge in [-0.3, -0.25) is 4.79 Å². The Hall–Kier alpha value is -1.29. The zero-order chi connectivity index (χ0) is 19.9. The number of hydrogen-bond acceptors (Lipinski definition) is 6. The highest BCUT2D eigenvalue weighted by Gasteiger charge is 2.41. The van der Waals surface area contributed by atoms with Crippen LogP contribution in [0, 0.1) is 5.92 Å². The Balaban J connectivity index is 1.29. The molecule has 1 atom stereocenters. The van der Waals surface area contributed by atoms with Crippen molar-refractivity contribution in [2.75, 3.05) is 39.0 Å². The van der Waals surface area contributed by atoms with Crippen LogP contribution in [0.15, 0.2) is 16.9 Å². The quantitative estimate of drug-likeness (QED) is 0.721. The van der Waals surface area contributed by atoms with E-state index < -0.39 is 15.6 Å². The van der Waals surface area contributed by atoms with Crippen LogP contribution >= 0.6 is 0 Å². The molecule has 4 rings (SSSR count). The third-order valence-corrected chi connectivity index (χ3v) is 7.56. The molecule has 28 heavy (non-hydrogen) atoms. The van der Waals surface area contributed by atoms with Crippen molar-refractivity contribution in [3.63, 3.8) is 0 Å². The number of likely N-dealkylation sites (tertiary alicyclic amines) is 1. The smallest absolute Gasteiger partial charge is 0.266 e. The molecule has 156 valence electrons. The summed E-state index contributed by atoms with van der Waals surface area (Å²) in [6, 6.07) is 3.50. The zero-order valence-electron chi connectivity index (χ0n) is 16.5. The van der Waals surface area contributed by atoms with Gasteiger partial charge in [-0.25, -0.2) is 13.1 Å². The Morgan fingerprint density at radius 1 is 1.18 bits per heavy atom. The summed E-state index contributed by atoms with van der Waals surface area (Å²) in [5.41, 5.74) is 0.0383. The lowest BCUT2D eigenvalue weighted by atomic mass is 9.94. The molecule has 0 radical (unpaired) electrons. The lowest BCUT2D eigenvalue weighted by Crippen LogP contribution is -2.48. The second kappa shape index (κ2) is 7.51. The summed E-state index contributed by atoms with van der Waals surface area (Å²) in [4.78, 5) is 14.4. The molecule has 3 aliphatic rings. The van der Waals surface area contributed by atoms with Crippen molar-refractivity contribution < 1.29 is 13.5 Å². The number of β-amino-alcohol motifs (C(OH)–C–C–N with tert-alkyl or cyclic N) is 1. The van der Waals surface area contributed by atoms with Gasteiger partial charge in [0, 0.05) is 38.2 Å². The minimum Gasteiger partial charge on any atom is -0.387 e. The van der Waals surface area contributed by atoms with Crippen LogP contribution in [0.4, 0.5) is 0 Å². The van der Waals surface area contributed by atoms with Crippen molar-refractivity contribution in [3.8, 4) is 0 Å². The summed E-state index contributed by atoms with van der Waals surface area (Å²) < 4.78 is 26.4. The third-order valence-electron chi connectivity index (χ3n) is 6.31. The normalized spacial score (nSPS) is 28.1. The SMILES string of the molecule is CS(=O)(=O)N1CCC(O)(CN2CCC(Cn3nc(C4CC4)ccc3=O)CC2)C1. The Morgan fingerprint density at radius 2 is 1.89 bits per heavy atom. The van der Waals surface area contributed by atoms with E-state index in [1.165, 1.54) is 23.4 Å². The van der Waals surface area contributed by atoms with Gasteiger partial charge in [-0.05, 0) is 57.2 Å². The largest absolute Gasteiger partial charge is 0.387 e. The van der Waals surface area contributed by atoms with Gasteiger partial charge >= 0.3 is 0 Å². The van der Waals surface area contributed by atoms with Crippen LogP contribution in [0.5, 0.6) is 0 Å². The van der Waals surface area contributed by atoms with Gasteiger partial charge in [0.25, 0.3) is 5.56 Å². The minimum absolute atomic E-state index is 0.0343. The van der Waals surface area contributed by atoms with Crippen LogP contribution in [-0.4, -0.2) is 77.1 Å². The van der Waals surface area contributed by atoms with Crippen molar-refractivity contribution in [3.05, 3.63) is 28.2 Å². The van der Waals surface area contributed by atoms with Crippen molar-refractivity contribution >= 4 is 10.0 Å². The predicted octanol–water partition coefficient (Wildman–Crippen LogP) is 0.229. The maximum atomic E-state index is 12.1. The van der Waals surface area contributed by atoms with E-state index >= 15 is 0 Å². The van der Waals surface area contributed by atoms with Gasteiger partial charge < -0.3 is 10.0 Å².